The van der Waals surface area contributed by atoms with E-state index < -0.39 is 0 Å². The number of thiazole rings is 1. The zero-order valence-corrected chi connectivity index (χ0v) is 24.0. The van der Waals surface area contributed by atoms with Crippen molar-refractivity contribution in [3.8, 4) is 10.6 Å². The summed E-state index contributed by atoms with van der Waals surface area (Å²) in [6.45, 7) is 0. The summed E-state index contributed by atoms with van der Waals surface area (Å²) in [6.07, 6.45) is 0. The van der Waals surface area contributed by atoms with E-state index in [-0.39, 0.29) is 0 Å². The molecule has 9 aromatic rings. The van der Waals surface area contributed by atoms with E-state index in [4.69, 9.17) is 9.40 Å². The van der Waals surface area contributed by atoms with Gasteiger partial charge in [0.25, 0.3) is 0 Å². The summed E-state index contributed by atoms with van der Waals surface area (Å²) < 4.78 is 10.0. The summed E-state index contributed by atoms with van der Waals surface area (Å²) in [5.74, 6) is 0. The molecule has 0 atom stereocenters. The molecule has 0 spiro atoms. The van der Waals surface area contributed by atoms with Crippen molar-refractivity contribution in [3.63, 3.8) is 0 Å². The molecule has 6 aromatic carbocycles. The Morgan fingerprint density at radius 1 is 0.524 bits per heavy atom. The van der Waals surface area contributed by atoms with Crippen LogP contribution in [0.1, 0.15) is 0 Å². The summed E-state index contributed by atoms with van der Waals surface area (Å²) in [7, 11) is 0. The maximum absolute atomic E-state index is 6.29. The molecule has 0 fully saturated rings. The van der Waals surface area contributed by atoms with Crippen molar-refractivity contribution < 1.29 is 4.42 Å². The van der Waals surface area contributed by atoms with Crippen LogP contribution in [0.3, 0.4) is 0 Å². The Bertz CT molecular complexity index is 2420. The molecule has 0 aliphatic carbocycles. The first kappa shape index (κ1) is 23.7. The third kappa shape index (κ3) is 3.61. The number of aromatic nitrogens is 1. The largest absolute Gasteiger partial charge is 0.456 e. The highest BCUT2D eigenvalue weighted by Gasteiger charge is 2.21. The lowest BCUT2D eigenvalue weighted by atomic mass is 10.1. The van der Waals surface area contributed by atoms with Crippen molar-refractivity contribution >= 4 is 92.1 Å². The van der Waals surface area contributed by atoms with Gasteiger partial charge in [-0.2, -0.15) is 0 Å². The molecule has 3 aromatic heterocycles. The molecule has 5 heteroatoms. The third-order valence-electron chi connectivity index (χ3n) is 7.89. The van der Waals surface area contributed by atoms with Crippen molar-refractivity contribution in [1.29, 1.82) is 0 Å². The predicted octanol–water partition coefficient (Wildman–Crippen LogP) is 11.7. The van der Waals surface area contributed by atoms with Crippen LogP contribution in [-0.2, 0) is 0 Å². The van der Waals surface area contributed by atoms with Gasteiger partial charge >= 0.3 is 0 Å². The lowest BCUT2D eigenvalue weighted by Crippen LogP contribution is -2.10. The zero-order chi connectivity index (χ0) is 27.6. The summed E-state index contributed by atoms with van der Waals surface area (Å²) in [4.78, 5) is 7.54. The van der Waals surface area contributed by atoms with Gasteiger partial charge < -0.3 is 9.32 Å². The van der Waals surface area contributed by atoms with Crippen molar-refractivity contribution in [2.45, 2.75) is 0 Å². The number of rotatable bonds is 4. The van der Waals surface area contributed by atoms with Crippen LogP contribution in [-0.4, -0.2) is 4.98 Å². The molecular weight excluding hydrogens is 553 g/mol. The minimum absolute atomic E-state index is 0.884. The van der Waals surface area contributed by atoms with Crippen LogP contribution in [0.5, 0.6) is 0 Å². The highest BCUT2D eigenvalue weighted by molar-refractivity contribution is 7.26. The maximum Gasteiger partial charge on any atom is 0.137 e. The fourth-order valence-corrected chi connectivity index (χ4v) is 8.10. The van der Waals surface area contributed by atoms with Gasteiger partial charge in [0.2, 0.25) is 0 Å². The maximum atomic E-state index is 6.29. The number of fused-ring (bicyclic) bond motifs is 8. The van der Waals surface area contributed by atoms with Crippen LogP contribution in [0.15, 0.2) is 138 Å². The Morgan fingerprint density at radius 2 is 1.26 bits per heavy atom. The molecule has 0 saturated heterocycles. The fraction of sp³-hybridized carbons (Fsp3) is 0. The van der Waals surface area contributed by atoms with Crippen molar-refractivity contribution in [1.82, 2.24) is 4.98 Å². The van der Waals surface area contributed by atoms with E-state index in [9.17, 15) is 0 Å². The number of anilines is 3. The summed E-state index contributed by atoms with van der Waals surface area (Å²) in [5, 5.41) is 5.74. The van der Waals surface area contributed by atoms with Crippen LogP contribution in [0.25, 0.3) is 62.9 Å². The van der Waals surface area contributed by atoms with Gasteiger partial charge in [0.05, 0.1) is 21.3 Å². The lowest BCUT2D eigenvalue weighted by molar-refractivity contribution is 0.669. The quantitative estimate of drug-likeness (QED) is 0.209. The topological polar surface area (TPSA) is 29.3 Å². The van der Waals surface area contributed by atoms with Gasteiger partial charge in [0, 0.05) is 42.5 Å². The molecule has 0 aliphatic rings. The predicted molar refractivity (Wildman–Crippen MR) is 180 cm³/mol. The first-order valence-electron chi connectivity index (χ1n) is 13.9. The first-order valence-corrected chi connectivity index (χ1v) is 15.5. The lowest BCUT2D eigenvalue weighted by Gasteiger charge is -2.26. The second-order valence-corrected chi connectivity index (χ2v) is 12.5. The van der Waals surface area contributed by atoms with E-state index in [0.717, 1.165) is 55.1 Å². The van der Waals surface area contributed by atoms with Gasteiger partial charge in [-0.05, 0) is 60.7 Å². The number of para-hydroxylation sites is 2. The Morgan fingerprint density at radius 3 is 2.14 bits per heavy atom. The molecule has 3 nitrogen and oxygen atoms in total. The number of nitrogens with zero attached hydrogens (tertiary/aromatic N) is 2. The zero-order valence-electron chi connectivity index (χ0n) is 22.3. The smallest absolute Gasteiger partial charge is 0.137 e. The number of hydrogen-bond acceptors (Lipinski definition) is 5. The average molecular weight is 575 g/mol. The van der Waals surface area contributed by atoms with Crippen LogP contribution in [0.4, 0.5) is 17.1 Å². The molecule has 0 aliphatic heterocycles. The fourth-order valence-electron chi connectivity index (χ4n) is 6.03. The SMILES string of the molecule is c1ccc(-c2nc3c(ccc4sc5ccc(N(c6ccccc6)c6cccc7oc8ccccc8c67)cc5c43)s2)cc1. The van der Waals surface area contributed by atoms with Gasteiger partial charge in [0.1, 0.15) is 16.2 Å². The van der Waals surface area contributed by atoms with Crippen molar-refractivity contribution in [2.24, 2.45) is 0 Å². The minimum Gasteiger partial charge on any atom is -0.456 e. The van der Waals surface area contributed by atoms with Gasteiger partial charge in [-0.3, -0.25) is 0 Å². The molecule has 0 N–H and O–H groups in total. The van der Waals surface area contributed by atoms with Gasteiger partial charge in [-0.15, -0.1) is 22.7 Å². The van der Waals surface area contributed by atoms with E-state index in [2.05, 4.69) is 120 Å². The van der Waals surface area contributed by atoms with Crippen LogP contribution < -0.4 is 4.90 Å². The Labute approximate surface area is 249 Å². The minimum atomic E-state index is 0.884. The van der Waals surface area contributed by atoms with Crippen molar-refractivity contribution in [2.75, 3.05) is 4.90 Å². The summed E-state index contributed by atoms with van der Waals surface area (Å²) >= 11 is 3.59. The third-order valence-corrected chi connectivity index (χ3v) is 10.1. The van der Waals surface area contributed by atoms with Gasteiger partial charge in [0.15, 0.2) is 0 Å². The highest BCUT2D eigenvalue weighted by Crippen LogP contribution is 2.46. The molecule has 0 bridgehead atoms. The van der Waals surface area contributed by atoms with Gasteiger partial charge in [-0.25, -0.2) is 4.98 Å². The Hall–Kier alpha value is -4.97. The molecule has 0 radical (unpaired) electrons. The van der Waals surface area contributed by atoms with Crippen molar-refractivity contribution in [3.05, 3.63) is 133 Å². The van der Waals surface area contributed by atoms with E-state index in [1.165, 1.54) is 24.9 Å². The highest BCUT2D eigenvalue weighted by atomic mass is 32.1. The molecule has 0 amide bonds. The molecule has 0 saturated carbocycles. The second-order valence-electron chi connectivity index (χ2n) is 10.4. The molecule has 9 rings (SSSR count). The number of furan rings is 1. The number of thiophene rings is 1. The Balaban J connectivity index is 1.31. The number of hydrogen-bond donors (Lipinski definition) is 0. The van der Waals surface area contributed by atoms with Crippen LogP contribution in [0, 0.1) is 0 Å². The standard InChI is InChI=1S/C37H22N2OS2/c1-3-10-23(11-4-1)37-38-36-33(42-37)21-20-32-35(36)27-22-25(18-19-31(27)41-32)39(24-12-5-2-6-13-24)28-15-9-17-30-34(28)26-14-7-8-16-29(26)40-30/h1-22H. The monoisotopic (exact) mass is 574 g/mol. The molecule has 0 unspecified atom stereocenters. The van der Waals surface area contributed by atoms with E-state index >= 15 is 0 Å². The summed E-state index contributed by atoms with van der Waals surface area (Å²) in [6, 6.07) is 47.0. The van der Waals surface area contributed by atoms with E-state index in [1.54, 1.807) is 11.3 Å². The van der Waals surface area contributed by atoms with E-state index in [1.807, 2.05) is 29.5 Å². The number of benzene rings is 6. The van der Waals surface area contributed by atoms with E-state index in [0.29, 0.717) is 0 Å². The average Bonchev–Trinajstić information content (AvgIpc) is 3.75. The molecule has 198 valence electrons. The van der Waals surface area contributed by atoms with Crippen LogP contribution >= 0.6 is 22.7 Å². The molecular formula is C37H22N2OS2. The normalized spacial score (nSPS) is 11.8. The molecule has 3 heterocycles. The summed E-state index contributed by atoms with van der Waals surface area (Å²) in [5.41, 5.74) is 7.30. The molecule has 42 heavy (non-hydrogen) atoms. The van der Waals surface area contributed by atoms with Gasteiger partial charge in [-0.1, -0.05) is 72.8 Å². The first-order chi connectivity index (χ1) is 20.8. The second kappa shape index (κ2) is 9.28. The Kier molecular flexibility index (Phi) is 5.24. The van der Waals surface area contributed by atoms with Crippen LogP contribution in [0.2, 0.25) is 0 Å².